The number of hydrogen-bond acceptors (Lipinski definition) is 4. The number of nitrogens with zero attached hydrogens (tertiary/aromatic N) is 1. The second kappa shape index (κ2) is 6.44. The zero-order chi connectivity index (χ0) is 20.1. The highest BCUT2D eigenvalue weighted by Gasteiger charge is 2.43. The normalized spacial score (nSPS) is 15.9. The van der Waals surface area contributed by atoms with E-state index >= 15 is 0 Å². The van der Waals surface area contributed by atoms with Crippen LogP contribution in [0.3, 0.4) is 0 Å². The monoisotopic (exact) mass is 389 g/mol. The topological polar surface area (TPSA) is 63.7 Å². The molecule has 3 heterocycles. The number of aryl methyl sites for hydroxylation is 1. The van der Waals surface area contributed by atoms with Gasteiger partial charge in [-0.15, -0.1) is 0 Å². The summed E-state index contributed by atoms with van der Waals surface area (Å²) in [6.07, 6.45) is 1.51. The molecule has 5 nitrogen and oxygen atoms in total. The lowest BCUT2D eigenvalue weighted by molar-refractivity contribution is 0.0701. The van der Waals surface area contributed by atoms with Crippen molar-refractivity contribution in [1.29, 1.82) is 0 Å². The number of halogens is 1. The van der Waals surface area contributed by atoms with Crippen molar-refractivity contribution in [2.24, 2.45) is 0 Å². The maximum atomic E-state index is 14.0. The third-order valence-electron chi connectivity index (χ3n) is 5.19. The first-order valence-corrected chi connectivity index (χ1v) is 9.19. The summed E-state index contributed by atoms with van der Waals surface area (Å²) >= 11 is 0. The second-order valence-electron chi connectivity index (χ2n) is 7.14. The van der Waals surface area contributed by atoms with Crippen LogP contribution in [0.5, 0.6) is 0 Å². The van der Waals surface area contributed by atoms with Crippen LogP contribution in [0.1, 0.15) is 39.0 Å². The van der Waals surface area contributed by atoms with Gasteiger partial charge in [0.05, 0.1) is 29.8 Å². The molecule has 0 N–H and O–H groups in total. The smallest absolute Gasteiger partial charge is 0.291 e. The average Bonchev–Trinajstić information content (AvgIpc) is 3.31. The molecule has 29 heavy (non-hydrogen) atoms. The molecule has 144 valence electrons. The SMILES string of the molecule is Cc1ccc2oc3c(c(=O)c2c1)C(c1cccc(F)c1)N(Cc1ccco1)C3=O. The van der Waals surface area contributed by atoms with Crippen LogP contribution in [0.4, 0.5) is 4.39 Å². The van der Waals surface area contributed by atoms with Crippen molar-refractivity contribution in [2.75, 3.05) is 0 Å². The van der Waals surface area contributed by atoms with Gasteiger partial charge >= 0.3 is 0 Å². The Morgan fingerprint density at radius 3 is 2.69 bits per heavy atom. The predicted octanol–water partition coefficient (Wildman–Crippen LogP) is 4.58. The number of benzene rings is 2. The Bertz CT molecular complexity index is 1310. The lowest BCUT2D eigenvalue weighted by atomic mass is 9.98. The van der Waals surface area contributed by atoms with Crippen LogP contribution in [0, 0.1) is 12.7 Å². The zero-order valence-electron chi connectivity index (χ0n) is 15.5. The van der Waals surface area contributed by atoms with E-state index in [-0.39, 0.29) is 23.3 Å². The fourth-order valence-corrected chi connectivity index (χ4v) is 3.89. The highest BCUT2D eigenvalue weighted by atomic mass is 19.1. The van der Waals surface area contributed by atoms with Gasteiger partial charge in [0.15, 0.2) is 5.43 Å². The summed E-state index contributed by atoms with van der Waals surface area (Å²) in [5.41, 5.74) is 1.71. The average molecular weight is 389 g/mol. The van der Waals surface area contributed by atoms with Crippen molar-refractivity contribution in [3.8, 4) is 0 Å². The lowest BCUT2D eigenvalue weighted by Gasteiger charge is -2.24. The number of amides is 1. The standard InChI is InChI=1S/C23H16FNO4/c1-13-7-8-18-17(10-13)21(26)19-20(14-4-2-5-15(24)11-14)25(23(27)22(19)29-18)12-16-6-3-9-28-16/h2-11,20H,12H2,1H3. The predicted molar refractivity (Wildman–Crippen MR) is 104 cm³/mol. The summed E-state index contributed by atoms with van der Waals surface area (Å²) in [7, 11) is 0. The molecule has 6 heteroatoms. The molecule has 0 saturated carbocycles. The van der Waals surface area contributed by atoms with Crippen LogP contribution in [0.2, 0.25) is 0 Å². The summed E-state index contributed by atoms with van der Waals surface area (Å²) < 4.78 is 25.2. The van der Waals surface area contributed by atoms with Gasteiger partial charge in [0.25, 0.3) is 5.91 Å². The molecule has 1 atom stereocenters. The highest BCUT2D eigenvalue weighted by Crippen LogP contribution is 2.39. The Hall–Kier alpha value is -3.67. The van der Waals surface area contributed by atoms with Gasteiger partial charge in [0.2, 0.25) is 5.76 Å². The molecule has 0 saturated heterocycles. The molecule has 1 unspecified atom stereocenters. The summed E-state index contributed by atoms with van der Waals surface area (Å²) in [6, 6.07) is 13.9. The van der Waals surface area contributed by atoms with Gasteiger partial charge < -0.3 is 13.7 Å². The lowest BCUT2D eigenvalue weighted by Crippen LogP contribution is -2.29. The van der Waals surface area contributed by atoms with E-state index < -0.39 is 17.8 Å². The minimum absolute atomic E-state index is 0.00725. The van der Waals surface area contributed by atoms with Crippen LogP contribution < -0.4 is 5.43 Å². The quantitative estimate of drug-likeness (QED) is 0.515. The van der Waals surface area contributed by atoms with E-state index in [0.717, 1.165) is 5.56 Å². The first kappa shape index (κ1) is 17.4. The number of rotatable bonds is 3. The van der Waals surface area contributed by atoms with Crippen molar-refractivity contribution < 1.29 is 18.0 Å². The van der Waals surface area contributed by atoms with Crippen LogP contribution >= 0.6 is 0 Å². The van der Waals surface area contributed by atoms with E-state index in [1.807, 2.05) is 13.0 Å². The molecule has 0 fully saturated rings. The number of furan rings is 1. The van der Waals surface area contributed by atoms with Gasteiger partial charge in [-0.1, -0.05) is 23.8 Å². The zero-order valence-corrected chi connectivity index (χ0v) is 15.5. The van der Waals surface area contributed by atoms with Crippen LogP contribution in [0.15, 0.2) is 74.5 Å². The number of carbonyl (C=O) groups excluding carboxylic acids is 1. The van der Waals surface area contributed by atoms with E-state index in [9.17, 15) is 14.0 Å². The minimum atomic E-state index is -0.764. The molecule has 2 aromatic heterocycles. The largest absolute Gasteiger partial charge is 0.467 e. The fourth-order valence-electron chi connectivity index (χ4n) is 3.89. The van der Waals surface area contributed by atoms with Crippen molar-refractivity contribution in [3.63, 3.8) is 0 Å². The number of fused-ring (bicyclic) bond motifs is 2. The molecular weight excluding hydrogens is 373 g/mol. The molecule has 5 rings (SSSR count). The molecular formula is C23H16FNO4. The molecule has 0 bridgehead atoms. The Morgan fingerprint density at radius 1 is 1.07 bits per heavy atom. The first-order valence-electron chi connectivity index (χ1n) is 9.19. The molecule has 0 radical (unpaired) electrons. The van der Waals surface area contributed by atoms with Gasteiger partial charge in [0.1, 0.15) is 17.2 Å². The Labute approximate surface area is 165 Å². The third-order valence-corrected chi connectivity index (χ3v) is 5.19. The van der Waals surface area contributed by atoms with Crippen molar-refractivity contribution in [1.82, 2.24) is 4.90 Å². The summed E-state index contributed by atoms with van der Waals surface area (Å²) in [6.45, 7) is 2.01. The number of hydrogen-bond donors (Lipinski definition) is 0. The van der Waals surface area contributed by atoms with Crippen LogP contribution in [0.25, 0.3) is 11.0 Å². The van der Waals surface area contributed by atoms with Gasteiger partial charge in [-0.05, 0) is 48.9 Å². The summed E-state index contributed by atoms with van der Waals surface area (Å²) in [4.78, 5) is 28.1. The molecule has 1 aliphatic heterocycles. The van der Waals surface area contributed by atoms with Crippen molar-refractivity contribution in [2.45, 2.75) is 19.5 Å². The molecule has 0 aliphatic carbocycles. The summed E-state index contributed by atoms with van der Waals surface area (Å²) in [5.74, 6) is -0.319. The molecule has 4 aromatic rings. The summed E-state index contributed by atoms with van der Waals surface area (Å²) in [5, 5.41) is 0.401. The van der Waals surface area contributed by atoms with Crippen molar-refractivity contribution in [3.05, 3.63) is 105 Å². The van der Waals surface area contributed by atoms with Gasteiger partial charge in [-0.2, -0.15) is 0 Å². The maximum absolute atomic E-state index is 14.0. The van der Waals surface area contributed by atoms with Crippen LogP contribution in [-0.4, -0.2) is 10.8 Å². The molecule has 1 aliphatic rings. The third kappa shape index (κ3) is 2.76. The Morgan fingerprint density at radius 2 is 1.93 bits per heavy atom. The Kier molecular flexibility index (Phi) is 3.87. The van der Waals surface area contributed by atoms with Gasteiger partial charge in [-0.3, -0.25) is 9.59 Å². The van der Waals surface area contributed by atoms with E-state index in [4.69, 9.17) is 8.83 Å². The number of carbonyl (C=O) groups is 1. The van der Waals surface area contributed by atoms with E-state index in [2.05, 4.69) is 0 Å². The minimum Gasteiger partial charge on any atom is -0.467 e. The highest BCUT2D eigenvalue weighted by molar-refractivity contribution is 5.99. The van der Waals surface area contributed by atoms with E-state index in [0.29, 0.717) is 22.3 Å². The molecule has 2 aromatic carbocycles. The fraction of sp³-hybridized carbons (Fsp3) is 0.130. The van der Waals surface area contributed by atoms with Gasteiger partial charge in [0, 0.05) is 0 Å². The van der Waals surface area contributed by atoms with E-state index in [1.54, 1.807) is 36.4 Å². The Balaban J connectivity index is 1.77. The van der Waals surface area contributed by atoms with Crippen LogP contribution in [-0.2, 0) is 6.54 Å². The van der Waals surface area contributed by atoms with E-state index in [1.165, 1.54) is 23.3 Å². The second-order valence-corrected chi connectivity index (χ2v) is 7.14. The first-order chi connectivity index (χ1) is 14.0. The van der Waals surface area contributed by atoms with Crippen molar-refractivity contribution >= 4 is 16.9 Å². The molecule has 1 amide bonds. The molecule has 0 spiro atoms. The maximum Gasteiger partial charge on any atom is 0.291 e. The van der Waals surface area contributed by atoms with Gasteiger partial charge in [-0.25, -0.2) is 4.39 Å².